The first-order valence-electron chi connectivity index (χ1n) is 13.1. The second-order valence-corrected chi connectivity index (χ2v) is 9.42. The topological polar surface area (TPSA) is 135 Å². The van der Waals surface area contributed by atoms with Crippen LogP contribution in [-0.4, -0.2) is 81.6 Å². The third kappa shape index (κ3) is 5.64. The van der Waals surface area contributed by atoms with Crippen molar-refractivity contribution in [1.82, 2.24) is 24.4 Å². The highest BCUT2D eigenvalue weighted by molar-refractivity contribution is 5.77. The van der Waals surface area contributed by atoms with Crippen LogP contribution in [0.15, 0.2) is 35.4 Å². The number of piperazine rings is 1. The van der Waals surface area contributed by atoms with Gasteiger partial charge in [0.25, 0.3) is 5.56 Å². The lowest BCUT2D eigenvalue weighted by atomic mass is 10.2. The standard InChI is InChI=1S/C26H33N7O5/c1-2-37-13-14-38-21-15-18-16-28-25(30-23(18)33(24(21)34)19-5-3-4-6-19)29-22-8-7-20(17-27-22)31-9-11-32(12-10-31)26(35)36/h7-8,15-17,19H,2-6,9-14H2,1H3,(H,35,36)(H,27,28,29,30). The van der Waals surface area contributed by atoms with Crippen LogP contribution in [0.3, 0.4) is 0 Å². The Hall–Kier alpha value is -3.93. The van der Waals surface area contributed by atoms with Gasteiger partial charge in [0.2, 0.25) is 5.95 Å². The Morgan fingerprint density at radius 3 is 2.58 bits per heavy atom. The summed E-state index contributed by atoms with van der Waals surface area (Å²) < 4.78 is 12.9. The van der Waals surface area contributed by atoms with Crippen LogP contribution in [0.25, 0.3) is 11.0 Å². The van der Waals surface area contributed by atoms with Gasteiger partial charge in [0.1, 0.15) is 18.1 Å². The SMILES string of the molecule is CCOCCOc1cc2cnc(Nc3ccc(N4CCN(C(=O)O)CC4)cn3)nc2n(C2CCCC2)c1=O. The van der Waals surface area contributed by atoms with Gasteiger partial charge in [-0.3, -0.25) is 9.36 Å². The average Bonchev–Trinajstić information content (AvgIpc) is 3.46. The smallest absolute Gasteiger partial charge is 0.407 e. The zero-order valence-electron chi connectivity index (χ0n) is 21.5. The highest BCUT2D eigenvalue weighted by Crippen LogP contribution is 2.31. The molecule has 12 nitrogen and oxygen atoms in total. The summed E-state index contributed by atoms with van der Waals surface area (Å²) in [6.07, 6.45) is 6.56. The lowest BCUT2D eigenvalue weighted by Crippen LogP contribution is -2.48. The van der Waals surface area contributed by atoms with E-state index in [-0.39, 0.29) is 17.4 Å². The Morgan fingerprint density at radius 2 is 1.89 bits per heavy atom. The lowest BCUT2D eigenvalue weighted by Gasteiger charge is -2.34. The minimum Gasteiger partial charge on any atom is -0.485 e. The fourth-order valence-electron chi connectivity index (χ4n) is 5.03. The zero-order valence-corrected chi connectivity index (χ0v) is 21.5. The molecule has 38 heavy (non-hydrogen) atoms. The van der Waals surface area contributed by atoms with Crippen molar-refractivity contribution in [2.24, 2.45) is 0 Å². The molecule has 0 unspecified atom stereocenters. The zero-order chi connectivity index (χ0) is 26.5. The highest BCUT2D eigenvalue weighted by atomic mass is 16.5. The van der Waals surface area contributed by atoms with Gasteiger partial charge in [-0.05, 0) is 38.0 Å². The van der Waals surface area contributed by atoms with E-state index in [1.807, 2.05) is 19.1 Å². The van der Waals surface area contributed by atoms with Crippen LogP contribution in [0.1, 0.15) is 38.6 Å². The summed E-state index contributed by atoms with van der Waals surface area (Å²) in [6, 6.07) is 5.55. The van der Waals surface area contributed by atoms with Crippen LogP contribution in [0.2, 0.25) is 0 Å². The van der Waals surface area contributed by atoms with Crippen molar-refractivity contribution in [2.75, 3.05) is 56.2 Å². The van der Waals surface area contributed by atoms with Crippen LogP contribution in [0.4, 0.5) is 22.2 Å². The van der Waals surface area contributed by atoms with Gasteiger partial charge in [-0.1, -0.05) is 12.8 Å². The van der Waals surface area contributed by atoms with E-state index in [2.05, 4.69) is 20.2 Å². The van der Waals surface area contributed by atoms with E-state index in [9.17, 15) is 9.59 Å². The van der Waals surface area contributed by atoms with Crippen LogP contribution < -0.4 is 20.5 Å². The maximum Gasteiger partial charge on any atom is 0.407 e. The maximum atomic E-state index is 13.4. The maximum absolute atomic E-state index is 13.4. The monoisotopic (exact) mass is 523 g/mol. The molecular weight excluding hydrogens is 490 g/mol. The predicted octanol–water partition coefficient (Wildman–Crippen LogP) is 3.26. The number of amides is 1. The van der Waals surface area contributed by atoms with Gasteiger partial charge in [-0.2, -0.15) is 4.98 Å². The number of fused-ring (bicyclic) bond motifs is 1. The van der Waals surface area contributed by atoms with Crippen molar-refractivity contribution in [3.8, 4) is 5.75 Å². The second kappa shape index (κ2) is 11.6. The van der Waals surface area contributed by atoms with Gasteiger partial charge in [0.15, 0.2) is 5.75 Å². The number of pyridine rings is 2. The number of carbonyl (C=O) groups is 1. The van der Waals surface area contributed by atoms with E-state index in [4.69, 9.17) is 19.6 Å². The fourth-order valence-corrected chi connectivity index (χ4v) is 5.03. The Kier molecular flexibility index (Phi) is 7.87. The van der Waals surface area contributed by atoms with Gasteiger partial charge < -0.3 is 29.7 Å². The molecule has 2 fully saturated rings. The van der Waals surface area contributed by atoms with Crippen molar-refractivity contribution in [2.45, 2.75) is 38.6 Å². The first kappa shape index (κ1) is 25.7. The average molecular weight is 524 g/mol. The molecule has 0 aromatic carbocycles. The molecule has 4 heterocycles. The molecule has 12 heteroatoms. The highest BCUT2D eigenvalue weighted by Gasteiger charge is 2.24. The molecule has 2 N–H and O–H groups in total. The molecule has 202 valence electrons. The van der Waals surface area contributed by atoms with Crippen molar-refractivity contribution in [1.29, 1.82) is 0 Å². The number of hydrogen-bond donors (Lipinski definition) is 2. The summed E-state index contributed by atoms with van der Waals surface area (Å²) in [7, 11) is 0. The third-order valence-electron chi connectivity index (χ3n) is 7.02. The number of ether oxygens (including phenoxy) is 2. The molecule has 1 aliphatic carbocycles. The molecule has 1 saturated carbocycles. The Balaban J connectivity index is 1.35. The van der Waals surface area contributed by atoms with E-state index in [1.54, 1.807) is 23.0 Å². The number of nitrogens with one attached hydrogen (secondary N) is 1. The van der Waals surface area contributed by atoms with Gasteiger partial charge in [-0.15, -0.1) is 0 Å². The van der Waals surface area contributed by atoms with Crippen LogP contribution in [-0.2, 0) is 4.74 Å². The largest absolute Gasteiger partial charge is 0.485 e. The lowest BCUT2D eigenvalue weighted by molar-refractivity contribution is 0.109. The molecule has 2 aliphatic rings. The summed E-state index contributed by atoms with van der Waals surface area (Å²) in [5.74, 6) is 1.21. The minimum absolute atomic E-state index is 0.0715. The normalized spacial score (nSPS) is 16.2. The van der Waals surface area contributed by atoms with Crippen molar-refractivity contribution >= 4 is 34.6 Å². The second-order valence-electron chi connectivity index (χ2n) is 9.42. The van der Waals surface area contributed by atoms with Crippen LogP contribution in [0, 0.1) is 0 Å². The Labute approximate surface area is 220 Å². The van der Waals surface area contributed by atoms with Gasteiger partial charge >= 0.3 is 6.09 Å². The number of nitrogens with zero attached hydrogens (tertiary/aromatic N) is 6. The number of aromatic nitrogens is 4. The van der Waals surface area contributed by atoms with Crippen LogP contribution in [0.5, 0.6) is 5.75 Å². The van der Waals surface area contributed by atoms with E-state index < -0.39 is 6.09 Å². The molecule has 3 aromatic heterocycles. The molecule has 1 amide bonds. The van der Waals surface area contributed by atoms with Crippen LogP contribution >= 0.6 is 0 Å². The first-order valence-corrected chi connectivity index (χ1v) is 13.1. The summed E-state index contributed by atoms with van der Waals surface area (Å²) in [5.41, 5.74) is 1.31. The quantitative estimate of drug-likeness (QED) is 0.402. The molecule has 0 radical (unpaired) electrons. The van der Waals surface area contributed by atoms with E-state index in [0.29, 0.717) is 63.4 Å². The molecule has 0 spiro atoms. The van der Waals surface area contributed by atoms with Crippen molar-refractivity contribution in [3.63, 3.8) is 0 Å². The molecule has 0 atom stereocenters. The van der Waals surface area contributed by atoms with Gasteiger partial charge in [0.05, 0.1) is 18.5 Å². The first-order chi connectivity index (χ1) is 18.5. The third-order valence-corrected chi connectivity index (χ3v) is 7.02. The predicted molar refractivity (Wildman–Crippen MR) is 143 cm³/mol. The number of anilines is 3. The van der Waals surface area contributed by atoms with E-state index in [1.165, 1.54) is 4.90 Å². The number of hydrogen-bond acceptors (Lipinski definition) is 9. The Bertz CT molecular complexity index is 1320. The molecule has 1 saturated heterocycles. The number of rotatable bonds is 9. The summed E-state index contributed by atoms with van der Waals surface area (Å²) in [5, 5.41) is 13.0. The Morgan fingerprint density at radius 1 is 1.11 bits per heavy atom. The molecular formula is C26H33N7O5. The molecule has 0 bridgehead atoms. The van der Waals surface area contributed by atoms with Gasteiger partial charge in [-0.25, -0.2) is 14.8 Å². The molecule has 3 aromatic rings. The summed E-state index contributed by atoms with van der Waals surface area (Å²) >= 11 is 0. The van der Waals surface area contributed by atoms with E-state index in [0.717, 1.165) is 36.8 Å². The van der Waals surface area contributed by atoms with Crippen molar-refractivity contribution < 1.29 is 19.4 Å². The molecule has 1 aliphatic heterocycles. The van der Waals surface area contributed by atoms with E-state index >= 15 is 0 Å². The summed E-state index contributed by atoms with van der Waals surface area (Å²) in [4.78, 5) is 41.7. The summed E-state index contributed by atoms with van der Waals surface area (Å²) in [6.45, 7) is 5.39. The van der Waals surface area contributed by atoms with Gasteiger partial charge in [0, 0.05) is 50.4 Å². The fraction of sp³-hybridized carbons (Fsp3) is 0.500. The minimum atomic E-state index is -0.888. The molecule has 5 rings (SSSR count). The number of carboxylic acid groups (broad SMARTS) is 1. The van der Waals surface area contributed by atoms with Crippen molar-refractivity contribution in [3.05, 3.63) is 40.9 Å².